The second-order valence-electron chi connectivity index (χ2n) is 11.0. The van der Waals surface area contributed by atoms with E-state index >= 15 is 0 Å². The van der Waals surface area contributed by atoms with Gasteiger partial charge in [-0.25, -0.2) is 14.4 Å². The molecule has 7 rings (SSSR count). The van der Waals surface area contributed by atoms with Gasteiger partial charge in [0.1, 0.15) is 22.3 Å². The molecule has 1 saturated heterocycles. The van der Waals surface area contributed by atoms with E-state index in [9.17, 15) is 14.0 Å². The molecule has 6 heterocycles. The number of thiophene rings is 1. The highest BCUT2D eigenvalue weighted by Gasteiger charge is 2.28. The first-order chi connectivity index (χ1) is 21.4. The van der Waals surface area contributed by atoms with Crippen molar-refractivity contribution >= 4 is 44.6 Å². The van der Waals surface area contributed by atoms with E-state index in [4.69, 9.17) is 14.7 Å². The molecule has 12 heteroatoms. The van der Waals surface area contributed by atoms with Crippen molar-refractivity contribution in [2.45, 2.75) is 25.8 Å². The number of carbonyl (C=O) groups excluding carboxylic acids is 2. The number of aryl methyl sites for hydroxylation is 1. The summed E-state index contributed by atoms with van der Waals surface area (Å²) >= 11 is 3.10. The molecule has 1 atom stereocenters. The smallest absolute Gasteiger partial charge is 0.246 e. The molecule has 0 bridgehead atoms. The van der Waals surface area contributed by atoms with Crippen LogP contribution in [0.5, 0.6) is 5.75 Å². The first-order valence-electron chi connectivity index (χ1n) is 14.4. The predicted molar refractivity (Wildman–Crippen MR) is 169 cm³/mol. The maximum absolute atomic E-state index is 14.7. The standard InChI is InChI=1S/C32H29FN6O3S2/c1-3-27(41)39-10-7-23-25(16-39)44-32(36-23)30-28(31-22(8-11-43-31)29(37-30)19-14-35-38(2)15-19)21-5-4-20(33)13-24(21)42-17-18-6-9-34-26(40)12-18/h3-5,8,11,13-15,18H,1,6-7,9-10,12,16-17H2,2H3,(H,34,40). The molecule has 2 amide bonds. The molecule has 0 saturated carbocycles. The Balaban J connectivity index is 1.39. The van der Waals surface area contributed by atoms with Crippen molar-refractivity contribution in [1.29, 1.82) is 0 Å². The van der Waals surface area contributed by atoms with Crippen molar-refractivity contribution in [3.05, 3.63) is 71.1 Å². The fourth-order valence-corrected chi connectivity index (χ4v) is 7.91. The predicted octanol–water partition coefficient (Wildman–Crippen LogP) is 5.60. The third-order valence-corrected chi connectivity index (χ3v) is 10.1. The van der Waals surface area contributed by atoms with Gasteiger partial charge in [0, 0.05) is 82.8 Å². The molecule has 0 aliphatic carbocycles. The summed E-state index contributed by atoms with van der Waals surface area (Å²) in [6.07, 6.45) is 6.88. The lowest BCUT2D eigenvalue weighted by molar-refractivity contribution is -0.127. The third-order valence-electron chi connectivity index (χ3n) is 8.04. The molecule has 1 aromatic carbocycles. The van der Waals surface area contributed by atoms with Crippen molar-refractivity contribution < 1.29 is 18.7 Å². The van der Waals surface area contributed by atoms with E-state index in [1.54, 1.807) is 33.2 Å². The molecular weight excluding hydrogens is 600 g/mol. The molecule has 0 radical (unpaired) electrons. The number of hydrogen-bond acceptors (Lipinski definition) is 8. The van der Waals surface area contributed by atoms with Gasteiger partial charge < -0.3 is 15.0 Å². The number of carbonyl (C=O) groups is 2. The summed E-state index contributed by atoms with van der Waals surface area (Å²) in [4.78, 5) is 37.4. The van der Waals surface area contributed by atoms with Gasteiger partial charge in [-0.2, -0.15) is 5.10 Å². The largest absolute Gasteiger partial charge is 0.493 e. The fraction of sp³-hybridized carbons (Fsp3) is 0.281. The average Bonchev–Trinajstić information content (AvgIpc) is 3.78. The molecule has 44 heavy (non-hydrogen) atoms. The molecule has 4 aromatic heterocycles. The summed E-state index contributed by atoms with van der Waals surface area (Å²) in [5.74, 6) is -0.0771. The molecule has 2 aliphatic rings. The number of halogens is 1. The minimum Gasteiger partial charge on any atom is -0.493 e. The zero-order chi connectivity index (χ0) is 30.4. The van der Waals surface area contributed by atoms with E-state index < -0.39 is 5.82 Å². The molecule has 224 valence electrons. The number of fused-ring (bicyclic) bond motifs is 2. The molecular formula is C32H29FN6O3S2. The van der Waals surface area contributed by atoms with Crippen LogP contribution in [0.2, 0.25) is 0 Å². The molecule has 0 spiro atoms. The van der Waals surface area contributed by atoms with Crippen LogP contribution in [0.15, 0.2) is 54.7 Å². The first kappa shape index (κ1) is 28.4. The summed E-state index contributed by atoms with van der Waals surface area (Å²) < 4.78 is 23.7. The number of nitrogens with zero attached hydrogens (tertiary/aromatic N) is 5. The van der Waals surface area contributed by atoms with E-state index in [0.29, 0.717) is 56.1 Å². The summed E-state index contributed by atoms with van der Waals surface area (Å²) in [6, 6.07) is 6.61. The van der Waals surface area contributed by atoms with Gasteiger partial charge in [-0.3, -0.25) is 14.3 Å². The Morgan fingerprint density at radius 3 is 2.95 bits per heavy atom. The van der Waals surface area contributed by atoms with Crippen LogP contribution < -0.4 is 10.1 Å². The van der Waals surface area contributed by atoms with E-state index in [-0.39, 0.29) is 17.7 Å². The highest BCUT2D eigenvalue weighted by atomic mass is 32.1. The van der Waals surface area contributed by atoms with Crippen LogP contribution in [0.25, 0.3) is 43.2 Å². The SMILES string of the molecule is C=CC(=O)N1CCc2nc(-c3nc(-c4cnn(C)c4)c4ccsc4c3-c3ccc(F)cc3OCC3CCNC(=O)C3)sc2C1. The number of aromatic nitrogens is 4. The number of thiazole rings is 1. The number of ether oxygens (including phenoxy) is 1. The minimum absolute atomic E-state index is 0.00294. The number of benzene rings is 1. The number of rotatable bonds is 7. The van der Waals surface area contributed by atoms with Gasteiger partial charge in [0.2, 0.25) is 11.8 Å². The molecule has 5 aromatic rings. The second kappa shape index (κ2) is 11.6. The van der Waals surface area contributed by atoms with Crippen LogP contribution >= 0.6 is 22.7 Å². The van der Waals surface area contributed by atoms with Crippen LogP contribution in [-0.2, 0) is 29.6 Å². The molecule has 2 aliphatic heterocycles. The number of amides is 2. The monoisotopic (exact) mass is 628 g/mol. The summed E-state index contributed by atoms with van der Waals surface area (Å²) in [6.45, 7) is 5.57. The van der Waals surface area contributed by atoms with Gasteiger partial charge in [-0.1, -0.05) is 6.58 Å². The van der Waals surface area contributed by atoms with Gasteiger partial charge in [0.15, 0.2) is 0 Å². The van der Waals surface area contributed by atoms with Gasteiger partial charge in [0.05, 0.1) is 30.7 Å². The van der Waals surface area contributed by atoms with Crippen molar-refractivity contribution in [2.75, 3.05) is 19.7 Å². The highest BCUT2D eigenvalue weighted by molar-refractivity contribution is 7.18. The van der Waals surface area contributed by atoms with Gasteiger partial charge in [-0.05, 0) is 36.1 Å². The first-order valence-corrected chi connectivity index (χ1v) is 16.1. The quantitative estimate of drug-likeness (QED) is 0.236. The highest BCUT2D eigenvalue weighted by Crippen LogP contribution is 2.47. The molecule has 1 fully saturated rings. The van der Waals surface area contributed by atoms with E-state index in [2.05, 4.69) is 17.0 Å². The molecule has 1 unspecified atom stereocenters. The van der Waals surface area contributed by atoms with Crippen LogP contribution in [0, 0.1) is 11.7 Å². The van der Waals surface area contributed by atoms with Crippen molar-refractivity contribution in [3.63, 3.8) is 0 Å². The Morgan fingerprint density at radius 1 is 1.27 bits per heavy atom. The normalized spacial score (nSPS) is 16.5. The second-order valence-corrected chi connectivity index (χ2v) is 13.0. The Morgan fingerprint density at radius 2 is 2.16 bits per heavy atom. The summed E-state index contributed by atoms with van der Waals surface area (Å²) in [7, 11) is 1.87. The van der Waals surface area contributed by atoms with Crippen LogP contribution in [0.1, 0.15) is 23.4 Å². The van der Waals surface area contributed by atoms with Crippen molar-refractivity contribution in [3.8, 4) is 38.8 Å². The fourth-order valence-electron chi connectivity index (χ4n) is 5.83. The Bertz CT molecular complexity index is 1930. The molecule has 1 N–H and O–H groups in total. The zero-order valence-corrected chi connectivity index (χ0v) is 25.6. The van der Waals surface area contributed by atoms with Gasteiger partial charge in [0.25, 0.3) is 0 Å². The number of nitrogens with one attached hydrogen (secondary N) is 1. The van der Waals surface area contributed by atoms with E-state index in [1.165, 1.54) is 29.5 Å². The Hall–Kier alpha value is -4.42. The number of piperidine rings is 1. The van der Waals surface area contributed by atoms with E-state index in [0.717, 1.165) is 48.9 Å². The van der Waals surface area contributed by atoms with E-state index in [1.807, 2.05) is 24.7 Å². The van der Waals surface area contributed by atoms with Crippen molar-refractivity contribution in [2.24, 2.45) is 13.0 Å². The Kier molecular flexibility index (Phi) is 7.47. The van der Waals surface area contributed by atoms with Crippen LogP contribution in [0.3, 0.4) is 0 Å². The lowest BCUT2D eigenvalue weighted by Crippen LogP contribution is -2.35. The number of hydrogen-bond donors (Lipinski definition) is 1. The summed E-state index contributed by atoms with van der Waals surface area (Å²) in [5, 5.41) is 10.9. The Labute approximate surface area is 261 Å². The average molecular weight is 629 g/mol. The maximum Gasteiger partial charge on any atom is 0.246 e. The summed E-state index contributed by atoms with van der Waals surface area (Å²) in [5.41, 5.74) is 4.78. The zero-order valence-electron chi connectivity index (χ0n) is 24.0. The number of pyridine rings is 1. The molecule has 9 nitrogen and oxygen atoms in total. The van der Waals surface area contributed by atoms with Crippen LogP contribution in [-0.4, -0.2) is 56.2 Å². The lowest BCUT2D eigenvalue weighted by Gasteiger charge is -2.24. The van der Waals surface area contributed by atoms with Gasteiger partial charge in [-0.15, -0.1) is 22.7 Å². The maximum atomic E-state index is 14.7. The van der Waals surface area contributed by atoms with Gasteiger partial charge >= 0.3 is 0 Å². The topological polar surface area (TPSA) is 102 Å². The van der Waals surface area contributed by atoms with Crippen molar-refractivity contribution in [1.82, 2.24) is 30.0 Å². The third kappa shape index (κ3) is 5.28. The van der Waals surface area contributed by atoms with Crippen LogP contribution in [0.4, 0.5) is 4.39 Å². The minimum atomic E-state index is -0.411. The lowest BCUT2D eigenvalue weighted by atomic mass is 9.97.